The van der Waals surface area contributed by atoms with E-state index in [2.05, 4.69) is 5.32 Å². The molecule has 1 N–H and O–H groups in total. The first-order valence-corrected chi connectivity index (χ1v) is 5.40. The Morgan fingerprint density at radius 2 is 2.06 bits per heavy atom. The van der Waals surface area contributed by atoms with Crippen molar-refractivity contribution in [3.05, 3.63) is 23.8 Å². The van der Waals surface area contributed by atoms with Gasteiger partial charge in [0.25, 0.3) is 0 Å². The summed E-state index contributed by atoms with van der Waals surface area (Å²) in [6.07, 6.45) is 0.369. The smallest absolute Gasteiger partial charge is 0.231 e. The molecule has 1 aromatic rings. The van der Waals surface area contributed by atoms with E-state index in [1.165, 1.54) is 0 Å². The van der Waals surface area contributed by atoms with Gasteiger partial charge in [0, 0.05) is 12.0 Å². The Bertz CT molecular complexity index is 456. The van der Waals surface area contributed by atoms with Crippen molar-refractivity contribution in [2.45, 2.75) is 13.3 Å². The molecule has 1 aliphatic rings. The van der Waals surface area contributed by atoms with Crippen LogP contribution in [-0.4, -0.2) is 25.0 Å². The Hall–Kier alpha value is -2.04. The summed E-state index contributed by atoms with van der Waals surface area (Å²) in [6, 6.07) is 4.98. The number of benzene rings is 1. The van der Waals surface area contributed by atoms with Gasteiger partial charge in [-0.2, -0.15) is 0 Å². The minimum absolute atomic E-state index is 0.00627. The first-order chi connectivity index (χ1) is 8.20. The number of hydrogen-bond donors (Lipinski definition) is 1. The summed E-state index contributed by atoms with van der Waals surface area (Å²) in [6.45, 7) is 1.92. The summed E-state index contributed by atoms with van der Waals surface area (Å²) < 4.78 is 10.3. The Balaban J connectivity index is 2.02. The topological polar surface area (TPSA) is 64.6 Å². The van der Waals surface area contributed by atoms with Crippen LogP contribution in [0.1, 0.15) is 23.7 Å². The zero-order valence-electron chi connectivity index (χ0n) is 9.49. The van der Waals surface area contributed by atoms with E-state index in [4.69, 9.17) is 9.47 Å². The molecule has 5 heteroatoms. The van der Waals surface area contributed by atoms with Gasteiger partial charge in [-0.25, -0.2) is 0 Å². The maximum atomic E-state index is 11.8. The molecule has 5 nitrogen and oxygen atoms in total. The number of nitrogens with one attached hydrogen (secondary N) is 1. The Kier molecular flexibility index (Phi) is 3.27. The molecule has 0 unspecified atom stereocenters. The number of fused-ring (bicyclic) bond motifs is 1. The van der Waals surface area contributed by atoms with Gasteiger partial charge in [-0.3, -0.25) is 9.59 Å². The van der Waals surface area contributed by atoms with Crippen molar-refractivity contribution in [3.8, 4) is 11.5 Å². The van der Waals surface area contributed by atoms with Gasteiger partial charge >= 0.3 is 0 Å². The Labute approximate surface area is 98.7 Å². The molecule has 1 aromatic carbocycles. The molecule has 1 amide bonds. The SMILES string of the molecule is CCC(=O)NCC(=O)c1ccc2c(c1)OCO2. The van der Waals surface area contributed by atoms with Gasteiger partial charge < -0.3 is 14.8 Å². The van der Waals surface area contributed by atoms with Crippen LogP contribution in [0.25, 0.3) is 0 Å². The second-order valence-corrected chi connectivity index (χ2v) is 3.62. The molecule has 0 bridgehead atoms. The highest BCUT2D eigenvalue weighted by Crippen LogP contribution is 2.32. The number of carbonyl (C=O) groups is 2. The number of carbonyl (C=O) groups excluding carboxylic acids is 2. The van der Waals surface area contributed by atoms with Gasteiger partial charge in [-0.15, -0.1) is 0 Å². The Morgan fingerprint density at radius 1 is 1.29 bits per heavy atom. The standard InChI is InChI=1S/C12H13NO4/c1-2-12(15)13-6-9(14)8-3-4-10-11(5-8)17-7-16-10/h3-5H,2,6-7H2,1H3,(H,13,15). The minimum atomic E-state index is -0.148. The quantitative estimate of drug-likeness (QED) is 0.794. The van der Waals surface area contributed by atoms with Crippen molar-refractivity contribution in [1.29, 1.82) is 0 Å². The molecule has 0 aromatic heterocycles. The fourth-order valence-corrected chi connectivity index (χ4v) is 1.48. The summed E-state index contributed by atoms with van der Waals surface area (Å²) in [5, 5.41) is 2.54. The summed E-state index contributed by atoms with van der Waals surface area (Å²) >= 11 is 0. The molecule has 0 saturated carbocycles. The molecular weight excluding hydrogens is 222 g/mol. The fourth-order valence-electron chi connectivity index (χ4n) is 1.48. The lowest BCUT2D eigenvalue weighted by Gasteiger charge is -2.04. The van der Waals surface area contributed by atoms with E-state index >= 15 is 0 Å². The molecule has 1 aliphatic heterocycles. The van der Waals surface area contributed by atoms with E-state index in [-0.39, 0.29) is 25.0 Å². The summed E-state index contributed by atoms with van der Waals surface area (Å²) in [7, 11) is 0. The highest BCUT2D eigenvalue weighted by Gasteiger charge is 2.16. The zero-order chi connectivity index (χ0) is 12.3. The summed E-state index contributed by atoms with van der Waals surface area (Å²) in [5.41, 5.74) is 0.505. The molecular formula is C12H13NO4. The van der Waals surface area contributed by atoms with Crippen molar-refractivity contribution in [1.82, 2.24) is 5.32 Å². The van der Waals surface area contributed by atoms with Gasteiger partial charge in [0.15, 0.2) is 17.3 Å². The third-order valence-corrected chi connectivity index (χ3v) is 2.46. The Morgan fingerprint density at radius 3 is 2.82 bits per heavy atom. The normalized spacial score (nSPS) is 12.3. The molecule has 0 aliphatic carbocycles. The van der Waals surface area contributed by atoms with Crippen LogP contribution in [0.4, 0.5) is 0 Å². The van der Waals surface area contributed by atoms with E-state index in [0.29, 0.717) is 23.5 Å². The van der Waals surface area contributed by atoms with Crippen molar-refractivity contribution < 1.29 is 19.1 Å². The molecule has 2 rings (SSSR count). The molecule has 0 fully saturated rings. The van der Waals surface area contributed by atoms with Crippen LogP contribution in [0.2, 0.25) is 0 Å². The van der Waals surface area contributed by atoms with E-state index in [1.807, 2.05) is 0 Å². The van der Waals surface area contributed by atoms with Crippen LogP contribution in [0.5, 0.6) is 11.5 Å². The third kappa shape index (κ3) is 2.55. The van der Waals surface area contributed by atoms with Gasteiger partial charge in [-0.1, -0.05) is 6.92 Å². The highest BCUT2D eigenvalue weighted by molar-refractivity contribution is 5.99. The first kappa shape index (κ1) is 11.4. The van der Waals surface area contributed by atoms with Crippen LogP contribution in [0, 0.1) is 0 Å². The number of ketones is 1. The summed E-state index contributed by atoms with van der Waals surface area (Å²) in [4.78, 5) is 22.8. The average molecular weight is 235 g/mol. The first-order valence-electron chi connectivity index (χ1n) is 5.40. The predicted molar refractivity (Wildman–Crippen MR) is 60.2 cm³/mol. The van der Waals surface area contributed by atoms with Crippen molar-refractivity contribution in [3.63, 3.8) is 0 Å². The second kappa shape index (κ2) is 4.86. The molecule has 0 radical (unpaired) electrons. The van der Waals surface area contributed by atoms with Crippen LogP contribution >= 0.6 is 0 Å². The number of hydrogen-bond acceptors (Lipinski definition) is 4. The van der Waals surface area contributed by atoms with Crippen molar-refractivity contribution >= 4 is 11.7 Å². The third-order valence-electron chi connectivity index (χ3n) is 2.46. The lowest BCUT2D eigenvalue weighted by atomic mass is 10.1. The largest absolute Gasteiger partial charge is 0.454 e. The lowest BCUT2D eigenvalue weighted by molar-refractivity contribution is -0.120. The number of amides is 1. The zero-order valence-corrected chi connectivity index (χ0v) is 9.49. The summed E-state index contributed by atoms with van der Waals surface area (Å²) in [5.74, 6) is 0.918. The fraction of sp³-hybridized carbons (Fsp3) is 0.333. The predicted octanol–water partition coefficient (Wildman–Crippen LogP) is 1.12. The maximum absolute atomic E-state index is 11.8. The molecule has 90 valence electrons. The van der Waals surface area contributed by atoms with E-state index in [1.54, 1.807) is 25.1 Å². The lowest BCUT2D eigenvalue weighted by Crippen LogP contribution is -2.28. The molecule has 17 heavy (non-hydrogen) atoms. The molecule has 0 saturated heterocycles. The average Bonchev–Trinajstić information content (AvgIpc) is 2.82. The van der Waals surface area contributed by atoms with Crippen LogP contribution in [0.15, 0.2) is 18.2 Å². The highest BCUT2D eigenvalue weighted by atomic mass is 16.7. The van der Waals surface area contributed by atoms with E-state index in [0.717, 1.165) is 0 Å². The van der Waals surface area contributed by atoms with Gasteiger partial charge in [0.05, 0.1) is 6.54 Å². The van der Waals surface area contributed by atoms with Crippen LogP contribution < -0.4 is 14.8 Å². The number of Topliss-reactive ketones (excluding diaryl/α,β-unsaturated/α-hetero) is 1. The van der Waals surface area contributed by atoms with Gasteiger partial charge in [-0.05, 0) is 18.2 Å². The maximum Gasteiger partial charge on any atom is 0.231 e. The van der Waals surface area contributed by atoms with Gasteiger partial charge in [0.1, 0.15) is 0 Å². The van der Waals surface area contributed by atoms with Crippen LogP contribution in [0.3, 0.4) is 0 Å². The molecule has 1 heterocycles. The van der Waals surface area contributed by atoms with E-state index in [9.17, 15) is 9.59 Å². The number of ether oxygens (including phenoxy) is 2. The van der Waals surface area contributed by atoms with E-state index < -0.39 is 0 Å². The van der Waals surface area contributed by atoms with Gasteiger partial charge in [0.2, 0.25) is 12.7 Å². The van der Waals surface area contributed by atoms with Crippen molar-refractivity contribution in [2.75, 3.05) is 13.3 Å². The molecule has 0 spiro atoms. The minimum Gasteiger partial charge on any atom is -0.454 e. The molecule has 0 atom stereocenters. The monoisotopic (exact) mass is 235 g/mol. The van der Waals surface area contributed by atoms with Crippen LogP contribution in [-0.2, 0) is 4.79 Å². The van der Waals surface area contributed by atoms with Crippen molar-refractivity contribution in [2.24, 2.45) is 0 Å². The number of rotatable bonds is 4. The second-order valence-electron chi connectivity index (χ2n) is 3.62.